The summed E-state index contributed by atoms with van der Waals surface area (Å²) in [6, 6.07) is 17.7. The lowest BCUT2D eigenvalue weighted by atomic mass is 9.86. The van der Waals surface area contributed by atoms with Gasteiger partial charge in [-0.3, -0.25) is 4.90 Å². The summed E-state index contributed by atoms with van der Waals surface area (Å²) in [6.45, 7) is 10.1. The molecule has 152 valence electrons. The van der Waals surface area contributed by atoms with Crippen molar-refractivity contribution in [2.24, 2.45) is 0 Å². The molecule has 0 radical (unpaired) electrons. The minimum Gasteiger partial charge on any atom is -0.485 e. The van der Waals surface area contributed by atoms with Crippen LogP contribution in [0.15, 0.2) is 48.5 Å². The molecule has 0 aliphatic rings. The molecule has 2 aromatic carbocycles. The third-order valence-corrected chi connectivity index (χ3v) is 5.46. The van der Waals surface area contributed by atoms with Crippen LogP contribution in [-0.4, -0.2) is 41.3 Å². The van der Waals surface area contributed by atoms with Crippen LogP contribution in [0.5, 0.6) is 5.75 Å². The van der Waals surface area contributed by atoms with Gasteiger partial charge >= 0.3 is 0 Å². The van der Waals surface area contributed by atoms with E-state index in [1.54, 1.807) is 0 Å². The van der Waals surface area contributed by atoms with Gasteiger partial charge in [0, 0.05) is 23.6 Å². The molecule has 28 heavy (non-hydrogen) atoms. The lowest BCUT2D eigenvalue weighted by Crippen LogP contribution is -2.38. The molecule has 0 spiro atoms. The van der Waals surface area contributed by atoms with Gasteiger partial charge in [0.05, 0.1) is 6.61 Å². The van der Waals surface area contributed by atoms with Crippen LogP contribution < -0.4 is 4.74 Å². The van der Waals surface area contributed by atoms with E-state index < -0.39 is 0 Å². The average molecular weight is 400 g/mol. The maximum absolute atomic E-state index is 9.68. The summed E-state index contributed by atoms with van der Waals surface area (Å²) in [4.78, 5) is 2.53. The number of hydrogen-bond donors (Lipinski definition) is 1. The third kappa shape index (κ3) is 6.17. The van der Waals surface area contributed by atoms with Crippen LogP contribution in [0.4, 0.5) is 0 Å². The highest BCUT2D eigenvalue weighted by Gasteiger charge is 2.22. The van der Waals surface area contributed by atoms with E-state index in [1.165, 1.54) is 5.56 Å². The Morgan fingerprint density at radius 3 is 2.29 bits per heavy atom. The Morgan fingerprint density at radius 2 is 1.71 bits per heavy atom. The number of rotatable bonds is 11. The zero-order chi connectivity index (χ0) is 20.5. The molecule has 0 aromatic heterocycles. The van der Waals surface area contributed by atoms with Crippen LogP contribution in [-0.2, 0) is 6.61 Å². The van der Waals surface area contributed by atoms with E-state index in [0.29, 0.717) is 18.4 Å². The summed E-state index contributed by atoms with van der Waals surface area (Å²) in [7, 11) is 0.958. The Labute approximate surface area is 172 Å². The molecular formula is C24H34NO2P. The summed E-state index contributed by atoms with van der Waals surface area (Å²) in [5.74, 6) is 1.10. The monoisotopic (exact) mass is 399 g/mol. The van der Waals surface area contributed by atoms with Gasteiger partial charge < -0.3 is 9.84 Å². The molecule has 0 aliphatic carbocycles. The van der Waals surface area contributed by atoms with Crippen molar-refractivity contribution < 1.29 is 9.84 Å². The molecule has 1 atom stereocenters. The van der Waals surface area contributed by atoms with Gasteiger partial charge in [0.25, 0.3) is 0 Å². The third-order valence-electron chi connectivity index (χ3n) is 5.15. The molecule has 4 heteroatoms. The molecule has 0 aliphatic heterocycles. The molecule has 0 fully saturated rings. The molecule has 1 N–H and O–H groups in total. The average Bonchev–Trinajstić information content (AvgIpc) is 2.69. The lowest BCUT2D eigenvalue weighted by molar-refractivity contribution is 0.170. The van der Waals surface area contributed by atoms with E-state index in [1.807, 2.05) is 12.1 Å². The maximum atomic E-state index is 9.68. The molecule has 2 rings (SSSR count). The first-order valence-electron chi connectivity index (χ1n) is 10.1. The Balaban J connectivity index is 2.42. The van der Waals surface area contributed by atoms with Crippen molar-refractivity contribution in [3.63, 3.8) is 0 Å². The molecule has 3 nitrogen and oxygen atoms in total. The van der Waals surface area contributed by atoms with E-state index in [-0.39, 0.29) is 12.5 Å². The summed E-state index contributed by atoms with van der Waals surface area (Å²) in [6.07, 6.45) is 5.43. The fourth-order valence-electron chi connectivity index (χ4n) is 3.79. The van der Waals surface area contributed by atoms with Gasteiger partial charge in [-0.15, -0.1) is 0 Å². The zero-order valence-corrected chi connectivity index (χ0v) is 18.5. The van der Waals surface area contributed by atoms with Gasteiger partial charge in [-0.1, -0.05) is 50.9 Å². The van der Waals surface area contributed by atoms with Crippen molar-refractivity contribution in [1.82, 2.24) is 4.90 Å². The van der Waals surface area contributed by atoms with Crippen LogP contribution in [0.25, 0.3) is 0 Å². The zero-order valence-electron chi connectivity index (χ0n) is 17.6. The van der Waals surface area contributed by atoms with Crippen molar-refractivity contribution in [2.75, 3.05) is 12.9 Å². The molecular weight excluding hydrogens is 365 g/mol. The van der Waals surface area contributed by atoms with E-state index >= 15 is 0 Å². The van der Waals surface area contributed by atoms with E-state index in [9.17, 15) is 5.11 Å². The van der Waals surface area contributed by atoms with Crippen LogP contribution in [0.3, 0.4) is 0 Å². The van der Waals surface area contributed by atoms with Gasteiger partial charge in [0.2, 0.25) is 0 Å². The van der Waals surface area contributed by atoms with Crippen molar-refractivity contribution in [3.05, 3.63) is 65.2 Å². The first-order valence-corrected chi connectivity index (χ1v) is 11.3. The van der Waals surface area contributed by atoms with E-state index in [2.05, 4.69) is 75.3 Å². The quantitative estimate of drug-likeness (QED) is 0.504. The number of aliphatic hydroxyl groups excluding tert-OH is 1. The lowest BCUT2D eigenvalue weighted by Gasteiger charge is -2.32. The van der Waals surface area contributed by atoms with Crippen LogP contribution >= 0.6 is 8.20 Å². The molecule has 2 aromatic rings. The molecule has 1 unspecified atom stereocenters. The first-order chi connectivity index (χ1) is 13.5. The Bertz CT molecular complexity index is 723. The number of hydrogen-bond acceptors (Lipinski definition) is 3. The topological polar surface area (TPSA) is 32.7 Å². The second kappa shape index (κ2) is 11.4. The molecule has 0 saturated heterocycles. The Kier molecular flexibility index (Phi) is 9.18. The van der Waals surface area contributed by atoms with E-state index in [4.69, 9.17) is 4.74 Å². The number of ether oxygens (including phenoxy) is 1. The van der Waals surface area contributed by atoms with Crippen molar-refractivity contribution in [1.29, 1.82) is 0 Å². The van der Waals surface area contributed by atoms with Crippen molar-refractivity contribution in [2.45, 2.75) is 58.7 Å². The predicted molar refractivity (Wildman–Crippen MR) is 122 cm³/mol. The Hall–Kier alpha value is -1.67. The van der Waals surface area contributed by atoms with Crippen LogP contribution in [0, 0.1) is 0 Å². The van der Waals surface area contributed by atoms with Crippen molar-refractivity contribution >= 4 is 14.5 Å². The number of aliphatic hydroxyl groups is 1. The van der Waals surface area contributed by atoms with Gasteiger partial charge in [0.1, 0.15) is 12.1 Å². The standard InChI is InChI=1S/C24H34NO2P/c1-18(2)25(19(3)4)14-13-22(21-9-7-6-8-10-21)23-15-20(16-26)11-12-24(23)27-17-28-5/h6-12,15,18-19,22,26H,5,13-14,16-17H2,1-4H3. The fourth-order valence-corrected chi connectivity index (χ4v) is 4.02. The van der Waals surface area contributed by atoms with Gasteiger partial charge in [-0.05, 0) is 63.9 Å². The summed E-state index contributed by atoms with van der Waals surface area (Å²) in [5, 5.41) is 9.68. The number of benzene rings is 2. The van der Waals surface area contributed by atoms with Gasteiger partial charge in [0.15, 0.2) is 0 Å². The smallest absolute Gasteiger partial charge is 0.129 e. The van der Waals surface area contributed by atoms with Crippen LogP contribution in [0.1, 0.15) is 56.7 Å². The predicted octanol–water partition coefficient (Wildman–Crippen LogP) is 5.53. The summed E-state index contributed by atoms with van der Waals surface area (Å²) in [5.41, 5.74) is 3.34. The maximum Gasteiger partial charge on any atom is 0.129 e. The summed E-state index contributed by atoms with van der Waals surface area (Å²) >= 11 is 0. The SMILES string of the molecule is C=PCOc1ccc(CO)cc1C(CCN(C(C)C)C(C)C)c1ccccc1. The second-order valence-electron chi connectivity index (χ2n) is 7.70. The summed E-state index contributed by atoms with van der Waals surface area (Å²) < 4.78 is 6.02. The first kappa shape index (κ1) is 22.6. The highest BCUT2D eigenvalue weighted by atomic mass is 31.1. The van der Waals surface area contributed by atoms with Crippen LogP contribution in [0.2, 0.25) is 0 Å². The molecule has 0 bridgehead atoms. The number of nitrogens with zero attached hydrogens (tertiary/aromatic N) is 1. The highest BCUT2D eigenvalue weighted by molar-refractivity contribution is 7.36. The molecule has 0 amide bonds. The minimum atomic E-state index is 0.0342. The largest absolute Gasteiger partial charge is 0.485 e. The highest BCUT2D eigenvalue weighted by Crippen LogP contribution is 2.36. The van der Waals surface area contributed by atoms with Crippen molar-refractivity contribution in [3.8, 4) is 5.75 Å². The molecule has 0 heterocycles. The van der Waals surface area contributed by atoms with Gasteiger partial charge in [-0.2, -0.15) is 0 Å². The second-order valence-corrected chi connectivity index (χ2v) is 8.41. The Morgan fingerprint density at radius 1 is 1.04 bits per heavy atom. The fraction of sp³-hybridized carbons (Fsp3) is 0.458. The van der Waals surface area contributed by atoms with Gasteiger partial charge in [-0.25, -0.2) is 0 Å². The van der Waals surface area contributed by atoms with E-state index in [0.717, 1.165) is 38.0 Å². The minimum absolute atomic E-state index is 0.0342. The molecule has 0 saturated carbocycles. The normalized spacial score (nSPS) is 12.9.